The Balaban J connectivity index is 1.49. The van der Waals surface area contributed by atoms with Gasteiger partial charge in [-0.05, 0) is 19.8 Å². The molecule has 0 bridgehead atoms. The van der Waals surface area contributed by atoms with Gasteiger partial charge in [0.05, 0.1) is 19.0 Å². The number of rotatable bonds is 11. The zero-order chi connectivity index (χ0) is 29.3. The lowest BCUT2D eigenvalue weighted by Gasteiger charge is -2.28. The van der Waals surface area contributed by atoms with Crippen LogP contribution in [0.15, 0.2) is 6.33 Å². The summed E-state index contributed by atoms with van der Waals surface area (Å²) in [5, 5.41) is 24.6. The number of ether oxygens (including phenoxy) is 2. The predicted octanol–water partition coefficient (Wildman–Crippen LogP) is 2.08. The highest BCUT2D eigenvalue weighted by molar-refractivity contribution is 7.56. The number of halogens is 1. The second-order valence-electron chi connectivity index (χ2n) is 10.4. The molecule has 2 fully saturated rings. The van der Waals surface area contributed by atoms with E-state index in [4.69, 9.17) is 26.2 Å². The van der Waals surface area contributed by atoms with Crippen molar-refractivity contribution in [1.29, 1.82) is 0 Å². The fourth-order valence-corrected chi connectivity index (χ4v) is 6.52. The first-order valence-electron chi connectivity index (χ1n) is 13.2. The lowest BCUT2D eigenvalue weighted by molar-refractivity contribution is -0.202. The van der Waals surface area contributed by atoms with Crippen molar-refractivity contribution in [2.24, 2.45) is 5.92 Å². The zero-order valence-corrected chi connectivity index (χ0v) is 23.6. The number of nitrogens with two attached hydrogens (primary N) is 1. The van der Waals surface area contributed by atoms with Gasteiger partial charge in [0, 0.05) is 13.1 Å². The molecule has 1 saturated carbocycles. The molecule has 1 aliphatic carbocycles. The molecule has 3 heterocycles. The van der Waals surface area contributed by atoms with Crippen LogP contribution in [-0.2, 0) is 18.6 Å². The standard InChI is InChI=1S/C25H36FN6O7P/c1-5-24(35)21(34)25(26,13-38-40(4,36)31-15(3)17(33)12-16-10-8-7-9-11-16)39-22(24)32-14-28-18-19(32)29-23(27)30-20(18)37-6-2/h1,14-16,21-22,34-35H,6-13H2,2-4H3,(H,31,36)(H2,27,29,30)/t15-,21-,22+,24+,25+,40-/m0/s1. The van der Waals surface area contributed by atoms with Crippen LogP contribution in [0.5, 0.6) is 5.88 Å². The minimum absolute atomic E-state index is 0.000117. The van der Waals surface area contributed by atoms with Crippen molar-refractivity contribution in [3.05, 3.63) is 6.33 Å². The normalized spacial score (nSPS) is 29.6. The maximum Gasteiger partial charge on any atom is 0.267 e. The van der Waals surface area contributed by atoms with Gasteiger partial charge in [-0.1, -0.05) is 38.0 Å². The second-order valence-corrected chi connectivity index (χ2v) is 12.6. The smallest absolute Gasteiger partial charge is 0.267 e. The number of hydrogen-bond donors (Lipinski definition) is 4. The molecule has 6 atom stereocenters. The highest BCUT2D eigenvalue weighted by Crippen LogP contribution is 2.49. The Morgan fingerprint density at radius 2 is 2.12 bits per heavy atom. The molecule has 0 spiro atoms. The van der Waals surface area contributed by atoms with Crippen LogP contribution in [0.25, 0.3) is 11.2 Å². The van der Waals surface area contributed by atoms with Crippen molar-refractivity contribution < 1.29 is 38.0 Å². The van der Waals surface area contributed by atoms with Crippen LogP contribution in [0.2, 0.25) is 0 Å². The first-order chi connectivity index (χ1) is 18.8. The minimum atomic E-state index is -3.78. The number of nitrogens with one attached hydrogen (secondary N) is 1. The molecule has 40 heavy (non-hydrogen) atoms. The van der Waals surface area contributed by atoms with Crippen molar-refractivity contribution in [3.63, 3.8) is 0 Å². The number of aromatic nitrogens is 4. The molecule has 15 heteroatoms. The van der Waals surface area contributed by atoms with Crippen molar-refractivity contribution in [1.82, 2.24) is 24.6 Å². The Bertz CT molecular complexity index is 1330. The van der Waals surface area contributed by atoms with Gasteiger partial charge in [0.15, 0.2) is 23.5 Å². The maximum absolute atomic E-state index is 16.1. The molecule has 2 aromatic heterocycles. The van der Waals surface area contributed by atoms with E-state index in [1.807, 2.05) is 5.92 Å². The largest absolute Gasteiger partial charge is 0.476 e. The molecule has 5 N–H and O–H groups in total. The number of hydrogen-bond acceptors (Lipinski definition) is 11. The fourth-order valence-electron chi connectivity index (χ4n) is 5.18. The van der Waals surface area contributed by atoms with Gasteiger partial charge in [-0.3, -0.25) is 13.9 Å². The molecular weight excluding hydrogens is 546 g/mol. The first-order valence-corrected chi connectivity index (χ1v) is 15.3. The summed E-state index contributed by atoms with van der Waals surface area (Å²) in [6.07, 6.45) is 8.26. The Kier molecular flexibility index (Phi) is 8.85. The van der Waals surface area contributed by atoms with Gasteiger partial charge in [0.1, 0.15) is 12.4 Å². The average Bonchev–Trinajstić information content (AvgIpc) is 3.41. The quantitative estimate of drug-likeness (QED) is 0.224. The number of carbonyl (C=O) groups is 1. The third kappa shape index (κ3) is 6.00. The van der Waals surface area contributed by atoms with Gasteiger partial charge in [-0.25, -0.2) is 14.5 Å². The van der Waals surface area contributed by atoms with E-state index in [0.717, 1.165) is 43.0 Å². The van der Waals surface area contributed by atoms with Gasteiger partial charge < -0.3 is 29.9 Å². The molecule has 0 radical (unpaired) electrons. The molecular formula is C25H36FN6O7P. The number of ketones is 1. The number of aliphatic hydroxyl groups excluding tert-OH is 1. The minimum Gasteiger partial charge on any atom is -0.476 e. The number of imidazole rings is 1. The molecule has 0 unspecified atom stereocenters. The molecule has 2 aromatic rings. The van der Waals surface area contributed by atoms with Crippen LogP contribution >= 0.6 is 7.52 Å². The maximum atomic E-state index is 16.1. The van der Waals surface area contributed by atoms with Crippen LogP contribution in [0, 0.1) is 18.3 Å². The van der Waals surface area contributed by atoms with Gasteiger partial charge in [0.2, 0.25) is 17.4 Å². The van der Waals surface area contributed by atoms with E-state index in [-0.39, 0.29) is 35.4 Å². The summed E-state index contributed by atoms with van der Waals surface area (Å²) >= 11 is 0. The SMILES string of the molecule is C#C[C@]1(O)[C@H](n2cnc3c(OCC)nc(N)nc32)O[C@](F)(CO[P@](C)(=O)N[C@@H](C)C(=O)CC2CCCCC2)[C@H]1O. The molecule has 1 aliphatic heterocycles. The van der Waals surface area contributed by atoms with Gasteiger partial charge in [-0.2, -0.15) is 9.97 Å². The van der Waals surface area contributed by atoms with E-state index >= 15 is 4.39 Å². The van der Waals surface area contributed by atoms with Gasteiger partial charge in [0.25, 0.3) is 13.4 Å². The summed E-state index contributed by atoms with van der Waals surface area (Å²) in [6.45, 7) is 3.64. The Morgan fingerprint density at radius 1 is 1.43 bits per heavy atom. The summed E-state index contributed by atoms with van der Waals surface area (Å²) in [5.41, 5.74) is 3.29. The first kappa shape index (κ1) is 30.3. The van der Waals surface area contributed by atoms with Crippen molar-refractivity contribution in [3.8, 4) is 18.2 Å². The third-order valence-corrected chi connectivity index (χ3v) is 8.79. The molecule has 220 valence electrons. The number of Topliss-reactive ketones (excluding diaryl/α,β-unsaturated/α-hetero) is 1. The van der Waals surface area contributed by atoms with Crippen molar-refractivity contribution in [2.45, 2.75) is 82.2 Å². The van der Waals surface area contributed by atoms with E-state index in [1.165, 1.54) is 6.66 Å². The van der Waals surface area contributed by atoms with Crippen LogP contribution in [0.4, 0.5) is 10.3 Å². The number of terminal acetylenes is 1. The zero-order valence-electron chi connectivity index (χ0n) is 22.7. The number of nitrogen functional groups attached to an aromatic ring is 1. The molecule has 4 rings (SSSR count). The van der Waals surface area contributed by atoms with E-state index < -0.39 is 44.0 Å². The highest BCUT2D eigenvalue weighted by atomic mass is 31.2. The van der Waals surface area contributed by atoms with E-state index in [2.05, 4.69) is 20.0 Å². The van der Waals surface area contributed by atoms with Crippen LogP contribution in [0.1, 0.15) is 58.6 Å². The number of alkyl halides is 1. The summed E-state index contributed by atoms with van der Waals surface area (Å²) in [4.78, 5) is 24.9. The number of anilines is 1. The number of nitrogens with zero attached hydrogens (tertiary/aromatic N) is 4. The third-order valence-electron chi connectivity index (χ3n) is 7.31. The van der Waals surface area contributed by atoms with Crippen LogP contribution < -0.4 is 15.6 Å². The molecule has 0 aromatic carbocycles. The lowest BCUT2D eigenvalue weighted by Crippen LogP contribution is -2.50. The van der Waals surface area contributed by atoms with Crippen molar-refractivity contribution >= 4 is 30.4 Å². The molecule has 1 saturated heterocycles. The monoisotopic (exact) mass is 582 g/mol. The number of fused-ring (bicyclic) bond motifs is 1. The van der Waals surface area contributed by atoms with E-state index in [0.29, 0.717) is 12.3 Å². The van der Waals surface area contributed by atoms with Crippen LogP contribution in [0.3, 0.4) is 0 Å². The Hall–Kier alpha value is -2.66. The fraction of sp³-hybridized carbons (Fsp3) is 0.680. The van der Waals surface area contributed by atoms with Gasteiger partial charge >= 0.3 is 0 Å². The average molecular weight is 583 g/mol. The Labute approximate surface area is 231 Å². The van der Waals surface area contributed by atoms with Crippen LogP contribution in [-0.4, -0.2) is 79.0 Å². The number of carbonyl (C=O) groups excluding carboxylic acids is 1. The second kappa shape index (κ2) is 11.7. The molecule has 0 amide bonds. The van der Waals surface area contributed by atoms with Gasteiger partial charge in [-0.15, -0.1) is 6.42 Å². The van der Waals surface area contributed by atoms with E-state index in [9.17, 15) is 19.6 Å². The lowest BCUT2D eigenvalue weighted by atomic mass is 9.85. The highest BCUT2D eigenvalue weighted by Gasteiger charge is 2.65. The predicted molar refractivity (Wildman–Crippen MR) is 143 cm³/mol. The summed E-state index contributed by atoms with van der Waals surface area (Å²) in [5.74, 6) is -1.09. The molecule has 13 nitrogen and oxygen atoms in total. The van der Waals surface area contributed by atoms with Crippen molar-refractivity contribution in [2.75, 3.05) is 25.6 Å². The summed E-state index contributed by atoms with van der Waals surface area (Å²) < 4.78 is 46.5. The van der Waals surface area contributed by atoms with E-state index in [1.54, 1.807) is 13.8 Å². The summed E-state index contributed by atoms with van der Waals surface area (Å²) in [6, 6.07) is -0.805. The molecule has 2 aliphatic rings. The Morgan fingerprint density at radius 3 is 2.77 bits per heavy atom. The number of aliphatic hydroxyl groups is 2. The summed E-state index contributed by atoms with van der Waals surface area (Å²) in [7, 11) is -3.78. The topological polar surface area (TPSA) is 184 Å².